The van der Waals surface area contributed by atoms with Gasteiger partial charge in [0.25, 0.3) is 0 Å². The monoisotopic (exact) mass is 321 g/mol. The van der Waals surface area contributed by atoms with E-state index in [1.807, 2.05) is 30.3 Å². The van der Waals surface area contributed by atoms with Crippen LogP contribution in [0.4, 0.5) is 4.39 Å². The average Bonchev–Trinajstić information content (AvgIpc) is 2.59. The van der Waals surface area contributed by atoms with Gasteiger partial charge in [-0.05, 0) is 24.1 Å². The summed E-state index contributed by atoms with van der Waals surface area (Å²) in [7, 11) is -2.46. The SMILES string of the molecule is CN1[C@@H](Cc2ccccc2)COc2cccc(F)c2S1(=O)=O. The number of benzene rings is 2. The van der Waals surface area contributed by atoms with Gasteiger partial charge in [0, 0.05) is 7.05 Å². The van der Waals surface area contributed by atoms with Crippen LogP contribution in [0.1, 0.15) is 5.56 Å². The highest BCUT2D eigenvalue weighted by atomic mass is 32.2. The number of sulfonamides is 1. The molecule has 0 saturated carbocycles. The molecule has 22 heavy (non-hydrogen) atoms. The van der Waals surface area contributed by atoms with Gasteiger partial charge in [0.2, 0.25) is 10.0 Å². The topological polar surface area (TPSA) is 46.6 Å². The Hall–Kier alpha value is -1.92. The molecular weight excluding hydrogens is 305 g/mol. The van der Waals surface area contributed by atoms with E-state index in [-0.39, 0.29) is 23.3 Å². The zero-order valence-corrected chi connectivity index (χ0v) is 12.9. The number of halogens is 1. The molecule has 0 radical (unpaired) electrons. The molecule has 0 spiro atoms. The second kappa shape index (κ2) is 5.70. The van der Waals surface area contributed by atoms with E-state index < -0.39 is 15.8 Å². The minimum Gasteiger partial charge on any atom is -0.490 e. The molecule has 0 aromatic heterocycles. The largest absolute Gasteiger partial charge is 0.490 e. The Labute approximate surface area is 129 Å². The zero-order valence-electron chi connectivity index (χ0n) is 12.1. The molecule has 1 atom stereocenters. The fourth-order valence-corrected chi connectivity index (χ4v) is 4.07. The van der Waals surface area contributed by atoms with Crippen LogP contribution in [0.5, 0.6) is 5.75 Å². The van der Waals surface area contributed by atoms with Crippen molar-refractivity contribution in [3.8, 4) is 5.75 Å². The summed E-state index contributed by atoms with van der Waals surface area (Å²) in [4.78, 5) is -0.381. The second-order valence-electron chi connectivity index (χ2n) is 5.24. The number of ether oxygens (including phenoxy) is 1. The lowest BCUT2D eigenvalue weighted by Crippen LogP contribution is -2.40. The maximum absolute atomic E-state index is 14.0. The zero-order chi connectivity index (χ0) is 15.7. The molecule has 1 aliphatic rings. The Kier molecular flexibility index (Phi) is 3.88. The first-order chi connectivity index (χ1) is 10.5. The lowest BCUT2D eigenvalue weighted by atomic mass is 10.1. The smallest absolute Gasteiger partial charge is 0.249 e. The quantitative estimate of drug-likeness (QED) is 0.853. The predicted molar refractivity (Wildman–Crippen MR) is 80.8 cm³/mol. The summed E-state index contributed by atoms with van der Waals surface area (Å²) in [6, 6.07) is 13.2. The lowest BCUT2D eigenvalue weighted by molar-refractivity contribution is 0.227. The van der Waals surface area contributed by atoms with Crippen molar-refractivity contribution < 1.29 is 17.5 Å². The normalized spacial score (nSPS) is 20.7. The number of nitrogens with zero attached hydrogens (tertiary/aromatic N) is 1. The molecule has 116 valence electrons. The van der Waals surface area contributed by atoms with Crippen molar-refractivity contribution >= 4 is 10.0 Å². The Morgan fingerprint density at radius 3 is 2.64 bits per heavy atom. The van der Waals surface area contributed by atoms with Gasteiger partial charge in [0.15, 0.2) is 4.90 Å². The lowest BCUT2D eigenvalue weighted by Gasteiger charge is -2.24. The van der Waals surface area contributed by atoms with Gasteiger partial charge in [-0.25, -0.2) is 12.8 Å². The molecule has 2 aromatic carbocycles. The van der Waals surface area contributed by atoms with Crippen molar-refractivity contribution in [3.63, 3.8) is 0 Å². The first-order valence-electron chi connectivity index (χ1n) is 6.93. The van der Waals surface area contributed by atoms with Gasteiger partial charge in [0.05, 0.1) is 6.04 Å². The van der Waals surface area contributed by atoms with Crippen molar-refractivity contribution in [1.82, 2.24) is 4.31 Å². The Morgan fingerprint density at radius 2 is 1.91 bits per heavy atom. The first-order valence-corrected chi connectivity index (χ1v) is 8.37. The van der Waals surface area contributed by atoms with Crippen LogP contribution in [-0.2, 0) is 16.4 Å². The molecule has 0 amide bonds. The Balaban J connectivity index is 1.98. The van der Waals surface area contributed by atoms with E-state index in [1.54, 1.807) is 0 Å². The van der Waals surface area contributed by atoms with Crippen LogP contribution >= 0.6 is 0 Å². The summed E-state index contributed by atoms with van der Waals surface area (Å²) >= 11 is 0. The summed E-state index contributed by atoms with van der Waals surface area (Å²) < 4.78 is 46.1. The summed E-state index contributed by atoms with van der Waals surface area (Å²) in [6.45, 7) is 0.182. The van der Waals surface area contributed by atoms with E-state index >= 15 is 0 Å². The van der Waals surface area contributed by atoms with Gasteiger partial charge >= 0.3 is 0 Å². The van der Waals surface area contributed by atoms with Gasteiger partial charge in [-0.1, -0.05) is 36.4 Å². The third kappa shape index (κ3) is 2.60. The van der Waals surface area contributed by atoms with Gasteiger partial charge in [-0.3, -0.25) is 0 Å². The molecule has 6 heteroatoms. The van der Waals surface area contributed by atoms with Crippen molar-refractivity contribution in [2.45, 2.75) is 17.4 Å². The van der Waals surface area contributed by atoms with Crippen LogP contribution in [0.2, 0.25) is 0 Å². The number of fused-ring (bicyclic) bond motifs is 1. The number of rotatable bonds is 2. The molecule has 1 aliphatic heterocycles. The Morgan fingerprint density at radius 1 is 1.18 bits per heavy atom. The maximum Gasteiger partial charge on any atom is 0.249 e. The van der Waals surface area contributed by atoms with Crippen molar-refractivity contribution in [1.29, 1.82) is 0 Å². The van der Waals surface area contributed by atoms with Gasteiger partial charge in [-0.15, -0.1) is 0 Å². The van der Waals surface area contributed by atoms with Crippen LogP contribution in [0.3, 0.4) is 0 Å². The highest BCUT2D eigenvalue weighted by molar-refractivity contribution is 7.89. The van der Waals surface area contributed by atoms with Gasteiger partial charge in [0.1, 0.15) is 18.2 Å². The van der Waals surface area contributed by atoms with Crippen molar-refractivity contribution in [2.24, 2.45) is 0 Å². The minimum atomic E-state index is -3.92. The van der Waals surface area contributed by atoms with E-state index in [2.05, 4.69) is 0 Å². The molecule has 0 aliphatic carbocycles. The van der Waals surface area contributed by atoms with Crippen molar-refractivity contribution in [2.75, 3.05) is 13.7 Å². The second-order valence-corrected chi connectivity index (χ2v) is 7.18. The van der Waals surface area contributed by atoms with Crippen LogP contribution in [-0.4, -0.2) is 32.4 Å². The maximum atomic E-state index is 14.0. The number of likely N-dealkylation sites (N-methyl/N-ethyl adjacent to an activating group) is 1. The van der Waals surface area contributed by atoms with E-state index in [0.29, 0.717) is 6.42 Å². The average molecular weight is 321 g/mol. The van der Waals surface area contributed by atoms with Gasteiger partial charge < -0.3 is 4.74 Å². The molecule has 4 nitrogen and oxygen atoms in total. The summed E-state index contributed by atoms with van der Waals surface area (Å²) in [5.74, 6) is -0.716. The number of hydrogen-bond donors (Lipinski definition) is 0. The highest BCUT2D eigenvalue weighted by Gasteiger charge is 2.36. The third-order valence-corrected chi connectivity index (χ3v) is 5.80. The van der Waals surface area contributed by atoms with E-state index in [9.17, 15) is 12.8 Å². The molecule has 2 aromatic rings. The van der Waals surface area contributed by atoms with Crippen molar-refractivity contribution in [3.05, 3.63) is 59.9 Å². The summed E-state index contributed by atoms with van der Waals surface area (Å²) in [6.07, 6.45) is 0.506. The number of hydrogen-bond acceptors (Lipinski definition) is 3. The molecule has 0 bridgehead atoms. The van der Waals surface area contributed by atoms with E-state index in [0.717, 1.165) is 11.6 Å². The van der Waals surface area contributed by atoms with Crippen LogP contribution in [0, 0.1) is 5.82 Å². The van der Waals surface area contributed by atoms with Crippen LogP contribution < -0.4 is 4.74 Å². The molecule has 3 rings (SSSR count). The summed E-state index contributed by atoms with van der Waals surface area (Å²) in [5, 5.41) is 0. The first kappa shape index (κ1) is 15.0. The third-order valence-electron chi connectivity index (χ3n) is 3.83. The van der Waals surface area contributed by atoms with Gasteiger partial charge in [-0.2, -0.15) is 4.31 Å². The van der Waals surface area contributed by atoms with E-state index in [1.165, 1.54) is 23.5 Å². The molecule has 0 saturated heterocycles. The standard InChI is InChI=1S/C16H16FNO3S/c1-18-13(10-12-6-3-2-4-7-12)11-21-15-9-5-8-14(17)16(15)22(18,19)20/h2-9,13H,10-11H2,1H3/t13-/m0/s1. The molecule has 0 unspecified atom stereocenters. The van der Waals surface area contributed by atoms with Crippen LogP contribution in [0.15, 0.2) is 53.4 Å². The predicted octanol–water partition coefficient (Wildman–Crippen LogP) is 2.45. The highest BCUT2D eigenvalue weighted by Crippen LogP contribution is 2.33. The molecule has 0 N–H and O–H groups in total. The molecule has 0 fully saturated rings. The summed E-state index contributed by atoms with van der Waals surface area (Å²) in [5.41, 5.74) is 1.00. The molecule has 1 heterocycles. The fraction of sp³-hybridized carbons (Fsp3) is 0.250. The minimum absolute atomic E-state index is 0.0717. The molecular formula is C16H16FNO3S. The Bertz CT molecular complexity index is 777. The van der Waals surface area contributed by atoms with Crippen LogP contribution in [0.25, 0.3) is 0 Å². The van der Waals surface area contributed by atoms with E-state index in [4.69, 9.17) is 4.74 Å². The fourth-order valence-electron chi connectivity index (χ4n) is 2.56.